The van der Waals surface area contributed by atoms with Crippen LogP contribution in [0.1, 0.15) is 155 Å². The fourth-order valence-corrected chi connectivity index (χ4v) is 6.34. The maximum atomic E-state index is 12.7. The molecule has 0 rings (SSSR count). The number of aliphatic hydroxyl groups excluding tert-OH is 2. The molecule has 58 heavy (non-hydrogen) atoms. The molecule has 336 valence electrons. The van der Waals surface area contributed by atoms with Crippen molar-refractivity contribution in [2.75, 3.05) is 47.5 Å². The van der Waals surface area contributed by atoms with Crippen molar-refractivity contribution in [3.05, 3.63) is 60.8 Å². The molecule has 12 heteroatoms. The number of unbranched alkanes of at least 4 members (excludes halogenated alkanes) is 14. The Bertz CT molecular complexity index is 1210. The van der Waals surface area contributed by atoms with E-state index in [0.717, 1.165) is 44.9 Å². The summed E-state index contributed by atoms with van der Waals surface area (Å²) in [7, 11) is 0.997. The number of hydrogen-bond acceptors (Lipinski definition) is 10. The molecule has 0 spiro atoms. The zero-order chi connectivity index (χ0) is 43.2. The zero-order valence-electron chi connectivity index (χ0n) is 36.9. The lowest BCUT2D eigenvalue weighted by molar-refractivity contribution is -0.870. The number of phosphoric ester groups is 1. The van der Waals surface area contributed by atoms with Gasteiger partial charge in [0.25, 0.3) is 7.82 Å². The Morgan fingerprint density at radius 2 is 1.16 bits per heavy atom. The van der Waals surface area contributed by atoms with E-state index < -0.39 is 44.7 Å². The maximum Gasteiger partial charge on any atom is 0.306 e. The second-order valence-electron chi connectivity index (χ2n) is 16.1. The molecule has 0 fully saturated rings. The van der Waals surface area contributed by atoms with Crippen LogP contribution in [0.2, 0.25) is 0 Å². The van der Waals surface area contributed by atoms with Gasteiger partial charge in [0.15, 0.2) is 6.10 Å². The lowest BCUT2D eigenvalue weighted by Crippen LogP contribution is -2.37. The molecule has 0 aliphatic carbocycles. The Morgan fingerprint density at radius 1 is 0.638 bits per heavy atom. The average Bonchev–Trinajstić information content (AvgIpc) is 3.16. The summed E-state index contributed by atoms with van der Waals surface area (Å²) in [6.45, 7) is 3.85. The Labute approximate surface area is 352 Å². The van der Waals surface area contributed by atoms with E-state index in [2.05, 4.69) is 32.1 Å². The Balaban J connectivity index is 4.65. The van der Waals surface area contributed by atoms with Crippen LogP contribution in [0, 0.1) is 0 Å². The van der Waals surface area contributed by atoms with E-state index in [-0.39, 0.29) is 26.1 Å². The van der Waals surface area contributed by atoms with Gasteiger partial charge in [-0.15, -0.1) is 0 Å². The van der Waals surface area contributed by atoms with Crippen molar-refractivity contribution >= 4 is 19.8 Å². The van der Waals surface area contributed by atoms with Gasteiger partial charge in [0, 0.05) is 12.8 Å². The number of likely N-dealkylation sites (N-methyl/N-ethyl adjacent to an activating group) is 1. The van der Waals surface area contributed by atoms with Crippen molar-refractivity contribution < 1.29 is 52.3 Å². The van der Waals surface area contributed by atoms with E-state index in [1.165, 1.54) is 57.8 Å². The number of carbonyl (C=O) groups excluding carboxylic acids is 2. The molecule has 0 aromatic carbocycles. The van der Waals surface area contributed by atoms with Crippen LogP contribution in [0.4, 0.5) is 0 Å². The predicted molar refractivity (Wildman–Crippen MR) is 234 cm³/mol. The Kier molecular flexibility index (Phi) is 36.1. The quantitative estimate of drug-likeness (QED) is 0.0153. The highest BCUT2D eigenvalue weighted by Gasteiger charge is 2.22. The van der Waals surface area contributed by atoms with Crippen LogP contribution in [0.25, 0.3) is 0 Å². The van der Waals surface area contributed by atoms with E-state index in [1.807, 2.05) is 27.2 Å². The van der Waals surface area contributed by atoms with Crippen molar-refractivity contribution in [2.45, 2.75) is 173 Å². The largest absolute Gasteiger partial charge is 0.756 e. The monoisotopic (exact) mass is 840 g/mol. The molecule has 4 unspecified atom stereocenters. The fraction of sp³-hybridized carbons (Fsp3) is 0.739. The van der Waals surface area contributed by atoms with E-state index >= 15 is 0 Å². The highest BCUT2D eigenvalue weighted by molar-refractivity contribution is 7.45. The summed E-state index contributed by atoms with van der Waals surface area (Å²) < 4.78 is 33.7. The van der Waals surface area contributed by atoms with Crippen LogP contribution >= 0.6 is 7.82 Å². The van der Waals surface area contributed by atoms with Gasteiger partial charge in [0.2, 0.25) is 0 Å². The number of phosphoric acid groups is 1. The summed E-state index contributed by atoms with van der Waals surface area (Å²) in [6.07, 6.45) is 37.3. The smallest absolute Gasteiger partial charge is 0.306 e. The highest BCUT2D eigenvalue weighted by atomic mass is 31.2. The first-order valence-corrected chi connectivity index (χ1v) is 23.7. The number of nitrogens with zero attached hydrogens (tertiary/aromatic N) is 1. The molecule has 0 heterocycles. The Hall–Kier alpha value is -2.37. The number of carbonyl (C=O) groups is 2. The van der Waals surface area contributed by atoms with Gasteiger partial charge in [-0.05, 0) is 64.2 Å². The number of ether oxygens (including phenoxy) is 2. The molecular formula is C46H82NO10P. The molecule has 0 aromatic heterocycles. The molecule has 0 bridgehead atoms. The third-order valence-electron chi connectivity index (χ3n) is 9.20. The summed E-state index contributed by atoms with van der Waals surface area (Å²) in [5.41, 5.74) is 0. The zero-order valence-corrected chi connectivity index (χ0v) is 37.8. The van der Waals surface area contributed by atoms with Gasteiger partial charge < -0.3 is 38.1 Å². The van der Waals surface area contributed by atoms with Gasteiger partial charge in [-0.25, -0.2) is 0 Å². The minimum atomic E-state index is -4.70. The minimum Gasteiger partial charge on any atom is -0.756 e. The minimum absolute atomic E-state index is 0.0389. The van der Waals surface area contributed by atoms with E-state index in [9.17, 15) is 29.3 Å². The number of esters is 2. The van der Waals surface area contributed by atoms with Crippen molar-refractivity contribution in [2.24, 2.45) is 0 Å². The lowest BCUT2D eigenvalue weighted by Gasteiger charge is -2.28. The molecule has 0 aliphatic rings. The first-order valence-electron chi connectivity index (χ1n) is 22.2. The number of hydrogen-bond donors (Lipinski definition) is 2. The summed E-state index contributed by atoms with van der Waals surface area (Å²) in [5, 5.41) is 20.4. The topological polar surface area (TPSA) is 152 Å². The summed E-state index contributed by atoms with van der Waals surface area (Å²) in [5.74, 6) is -1.09. The van der Waals surface area contributed by atoms with Gasteiger partial charge in [0.1, 0.15) is 19.8 Å². The molecule has 2 N–H and O–H groups in total. The first kappa shape index (κ1) is 55.6. The maximum absolute atomic E-state index is 12.7. The van der Waals surface area contributed by atoms with E-state index in [4.69, 9.17) is 18.5 Å². The van der Waals surface area contributed by atoms with E-state index in [0.29, 0.717) is 36.7 Å². The molecule has 0 saturated carbocycles. The van der Waals surface area contributed by atoms with Crippen molar-refractivity contribution in [3.8, 4) is 0 Å². The second kappa shape index (κ2) is 37.6. The highest BCUT2D eigenvalue weighted by Crippen LogP contribution is 2.38. The van der Waals surface area contributed by atoms with Crippen LogP contribution in [-0.4, -0.2) is 92.5 Å². The standard InChI is InChI=1S/C46H82NO10P/c1-6-8-10-12-14-15-16-17-18-19-20-21-22-24-30-36-45(50)54-40-44(41-56-58(52,53)55-39-38-47(3,4)5)57-46(51)37-31-35-43(49)34-29-26-25-28-33-42(48)32-27-23-13-11-9-7-2/h17-18,23,25-29,33-34,42-44,48-49H,6-16,19-22,24,30-32,35-41H2,1-5H3/b18-17-,26-25+,27-23+,33-28+,34-29+. The van der Waals surface area contributed by atoms with Gasteiger partial charge >= 0.3 is 11.9 Å². The van der Waals surface area contributed by atoms with E-state index in [1.54, 1.807) is 36.5 Å². The van der Waals surface area contributed by atoms with Gasteiger partial charge in [0.05, 0.1) is 40.0 Å². The lowest BCUT2D eigenvalue weighted by atomic mass is 10.1. The van der Waals surface area contributed by atoms with Crippen LogP contribution in [0.5, 0.6) is 0 Å². The van der Waals surface area contributed by atoms with Crippen molar-refractivity contribution in [1.82, 2.24) is 0 Å². The van der Waals surface area contributed by atoms with Crippen LogP contribution in [0.3, 0.4) is 0 Å². The van der Waals surface area contributed by atoms with Crippen LogP contribution in [-0.2, 0) is 32.7 Å². The van der Waals surface area contributed by atoms with Crippen LogP contribution in [0.15, 0.2) is 60.8 Å². The van der Waals surface area contributed by atoms with Gasteiger partial charge in [-0.2, -0.15) is 0 Å². The summed E-state index contributed by atoms with van der Waals surface area (Å²) in [6, 6.07) is 0. The molecule has 0 aliphatic heterocycles. The first-order chi connectivity index (χ1) is 27.8. The number of aliphatic hydroxyl groups is 2. The van der Waals surface area contributed by atoms with Crippen LogP contribution < -0.4 is 4.89 Å². The Morgan fingerprint density at radius 3 is 1.78 bits per heavy atom. The SMILES string of the molecule is CCCCC/C=C/CC(O)/C=C/C=C/C=C/C(O)CCCC(=O)OC(COC(=O)CCCCCCC/C=C\CCCCCCCC)COP(=O)([O-])OCC[N+](C)(C)C. The third-order valence-corrected chi connectivity index (χ3v) is 10.2. The second-order valence-corrected chi connectivity index (χ2v) is 17.5. The molecule has 11 nitrogen and oxygen atoms in total. The average molecular weight is 840 g/mol. The van der Waals surface area contributed by atoms with Crippen molar-refractivity contribution in [3.63, 3.8) is 0 Å². The molecule has 0 radical (unpaired) electrons. The normalized spacial score (nSPS) is 15.2. The fourth-order valence-electron chi connectivity index (χ4n) is 5.61. The van der Waals surface area contributed by atoms with Gasteiger partial charge in [-0.3, -0.25) is 14.2 Å². The van der Waals surface area contributed by atoms with Crippen molar-refractivity contribution in [1.29, 1.82) is 0 Å². The third kappa shape index (κ3) is 40.4. The molecule has 4 atom stereocenters. The number of rotatable bonds is 39. The molecule has 0 amide bonds. The number of allylic oxidation sites excluding steroid dienone is 7. The molecular weight excluding hydrogens is 757 g/mol. The molecule has 0 aromatic rings. The van der Waals surface area contributed by atoms with Gasteiger partial charge in [-0.1, -0.05) is 139 Å². The summed E-state index contributed by atoms with van der Waals surface area (Å²) >= 11 is 0. The predicted octanol–water partition coefficient (Wildman–Crippen LogP) is 9.77. The molecule has 0 saturated heterocycles. The summed E-state index contributed by atoms with van der Waals surface area (Å²) in [4.78, 5) is 37.5. The number of quaternary nitrogens is 1.